The van der Waals surface area contributed by atoms with E-state index in [1.807, 2.05) is 23.1 Å². The molecule has 1 aliphatic rings. The smallest absolute Gasteiger partial charge is 0.233 e. The maximum absolute atomic E-state index is 13.1. The lowest BCUT2D eigenvalue weighted by Gasteiger charge is -2.29. The number of aromatic nitrogens is 3. The van der Waals surface area contributed by atoms with E-state index in [2.05, 4.69) is 65.4 Å². The van der Waals surface area contributed by atoms with Gasteiger partial charge in [0.15, 0.2) is 5.82 Å². The number of carbonyl (C=O) groups excluding carboxylic acids is 1. The second-order valence-corrected chi connectivity index (χ2v) is 8.83. The molecule has 0 saturated heterocycles. The molecule has 3 aromatic rings. The lowest BCUT2D eigenvalue weighted by atomic mass is 10.1. The minimum absolute atomic E-state index is 0.141. The van der Waals surface area contributed by atoms with Crippen LogP contribution in [0.4, 0.5) is 0 Å². The van der Waals surface area contributed by atoms with Gasteiger partial charge in [-0.1, -0.05) is 73.3 Å². The van der Waals surface area contributed by atoms with Gasteiger partial charge in [-0.15, -0.1) is 5.10 Å². The molecule has 156 valence electrons. The maximum Gasteiger partial charge on any atom is 0.233 e. The van der Waals surface area contributed by atoms with Gasteiger partial charge in [0.2, 0.25) is 11.1 Å². The summed E-state index contributed by atoms with van der Waals surface area (Å²) in [4.78, 5) is 19.7. The topological polar surface area (TPSA) is 61.9 Å². The van der Waals surface area contributed by atoms with Crippen LogP contribution in [0.15, 0.2) is 59.8 Å². The Morgan fingerprint density at radius 3 is 2.53 bits per heavy atom. The number of aromatic amines is 1. The Labute approximate surface area is 182 Å². The van der Waals surface area contributed by atoms with Gasteiger partial charge in [-0.25, -0.2) is 4.98 Å². The van der Waals surface area contributed by atoms with Crippen molar-refractivity contribution in [2.45, 2.75) is 50.9 Å². The van der Waals surface area contributed by atoms with E-state index >= 15 is 0 Å². The first-order valence-corrected chi connectivity index (χ1v) is 11.6. The van der Waals surface area contributed by atoms with E-state index in [-0.39, 0.29) is 11.9 Å². The highest BCUT2D eigenvalue weighted by atomic mass is 32.2. The van der Waals surface area contributed by atoms with Gasteiger partial charge in [-0.2, -0.15) is 0 Å². The van der Waals surface area contributed by atoms with Crippen LogP contribution >= 0.6 is 11.8 Å². The number of amides is 1. The predicted molar refractivity (Wildman–Crippen MR) is 121 cm³/mol. The van der Waals surface area contributed by atoms with Crippen molar-refractivity contribution in [3.05, 3.63) is 65.7 Å². The zero-order valence-electron chi connectivity index (χ0n) is 17.5. The van der Waals surface area contributed by atoms with Gasteiger partial charge in [0.05, 0.1) is 5.75 Å². The van der Waals surface area contributed by atoms with Crippen LogP contribution < -0.4 is 0 Å². The first kappa shape index (κ1) is 20.7. The first-order chi connectivity index (χ1) is 14.6. The molecule has 1 heterocycles. The van der Waals surface area contributed by atoms with Crippen molar-refractivity contribution in [2.24, 2.45) is 5.92 Å². The Bertz CT molecular complexity index is 966. The third-order valence-corrected chi connectivity index (χ3v) is 6.57. The van der Waals surface area contributed by atoms with Crippen LogP contribution in [0.1, 0.15) is 37.8 Å². The lowest BCUT2D eigenvalue weighted by Crippen LogP contribution is -2.40. The molecule has 1 aliphatic carbocycles. The van der Waals surface area contributed by atoms with Crippen molar-refractivity contribution in [3.63, 3.8) is 0 Å². The van der Waals surface area contributed by atoms with Gasteiger partial charge in [0.25, 0.3) is 0 Å². The average molecular weight is 421 g/mol. The van der Waals surface area contributed by atoms with Crippen LogP contribution in [0.2, 0.25) is 0 Å². The van der Waals surface area contributed by atoms with Crippen molar-refractivity contribution in [2.75, 3.05) is 5.75 Å². The highest BCUT2D eigenvalue weighted by Gasteiger charge is 2.34. The lowest BCUT2D eigenvalue weighted by molar-refractivity contribution is -0.131. The number of nitrogens with zero attached hydrogens (tertiary/aromatic N) is 3. The summed E-state index contributed by atoms with van der Waals surface area (Å²) in [5.41, 5.74) is 3.46. The SMILES string of the molecule is CCc1ccc(-c2nc(SCC(=O)N(Cc3ccccc3)C(C)C3CC3)n[nH]2)cc1. The van der Waals surface area contributed by atoms with Crippen molar-refractivity contribution in [1.82, 2.24) is 20.1 Å². The van der Waals surface area contributed by atoms with Gasteiger partial charge in [-0.05, 0) is 43.2 Å². The fourth-order valence-electron chi connectivity index (χ4n) is 3.62. The van der Waals surface area contributed by atoms with Crippen molar-refractivity contribution in [1.29, 1.82) is 0 Å². The van der Waals surface area contributed by atoms with Crippen LogP contribution in [0.25, 0.3) is 11.4 Å². The molecule has 1 saturated carbocycles. The largest absolute Gasteiger partial charge is 0.335 e. The summed E-state index contributed by atoms with van der Waals surface area (Å²) in [5.74, 6) is 1.85. The molecule has 0 radical (unpaired) electrons. The van der Waals surface area contributed by atoms with Crippen molar-refractivity contribution >= 4 is 17.7 Å². The molecule has 30 heavy (non-hydrogen) atoms. The van der Waals surface area contributed by atoms with Crippen LogP contribution in [0, 0.1) is 5.92 Å². The predicted octanol–water partition coefficient (Wildman–Crippen LogP) is 4.95. The van der Waals surface area contributed by atoms with Crippen LogP contribution in [0.3, 0.4) is 0 Å². The molecule has 0 aliphatic heterocycles. The summed E-state index contributed by atoms with van der Waals surface area (Å²) in [6.07, 6.45) is 3.45. The molecule has 0 bridgehead atoms. The third kappa shape index (κ3) is 5.11. The second-order valence-electron chi connectivity index (χ2n) is 7.89. The molecule has 1 fully saturated rings. The summed E-state index contributed by atoms with van der Waals surface area (Å²) in [6.45, 7) is 4.97. The van der Waals surface area contributed by atoms with Gasteiger partial charge in [0.1, 0.15) is 0 Å². The van der Waals surface area contributed by atoms with E-state index in [4.69, 9.17) is 0 Å². The van der Waals surface area contributed by atoms with E-state index in [9.17, 15) is 4.79 Å². The molecule has 6 heteroatoms. The van der Waals surface area contributed by atoms with Gasteiger partial charge < -0.3 is 4.90 Å². The number of hydrogen-bond acceptors (Lipinski definition) is 4. The molecule has 5 nitrogen and oxygen atoms in total. The Hall–Kier alpha value is -2.60. The first-order valence-electron chi connectivity index (χ1n) is 10.6. The number of benzene rings is 2. The quantitative estimate of drug-likeness (QED) is 0.497. The summed E-state index contributed by atoms with van der Waals surface area (Å²) in [7, 11) is 0. The van der Waals surface area contributed by atoms with Gasteiger partial charge in [-0.3, -0.25) is 9.89 Å². The van der Waals surface area contributed by atoms with Crippen molar-refractivity contribution in [3.8, 4) is 11.4 Å². The number of hydrogen-bond donors (Lipinski definition) is 1. The molecular weight excluding hydrogens is 392 g/mol. The number of nitrogens with one attached hydrogen (secondary N) is 1. The summed E-state index contributed by atoms with van der Waals surface area (Å²) < 4.78 is 0. The fraction of sp³-hybridized carbons (Fsp3) is 0.375. The highest BCUT2D eigenvalue weighted by molar-refractivity contribution is 7.99. The molecule has 4 rings (SSSR count). The van der Waals surface area contributed by atoms with E-state index in [1.54, 1.807) is 0 Å². The van der Waals surface area contributed by atoms with Gasteiger partial charge in [0, 0.05) is 18.2 Å². The number of thioether (sulfide) groups is 1. The molecule has 1 N–H and O–H groups in total. The average Bonchev–Trinajstić information content (AvgIpc) is 3.54. The number of carbonyl (C=O) groups is 1. The van der Waals surface area contributed by atoms with Gasteiger partial charge >= 0.3 is 0 Å². The fourth-order valence-corrected chi connectivity index (χ4v) is 4.30. The standard InChI is InChI=1S/C24H28N4OS/c1-3-18-9-11-21(12-10-18)23-25-24(27-26-23)30-16-22(29)28(17(2)20-13-14-20)15-19-7-5-4-6-8-19/h4-12,17,20H,3,13-16H2,1-2H3,(H,25,26,27). The third-order valence-electron chi connectivity index (χ3n) is 5.74. The van der Waals surface area contributed by atoms with E-state index in [1.165, 1.54) is 35.7 Å². The van der Waals surface area contributed by atoms with E-state index < -0.39 is 0 Å². The highest BCUT2D eigenvalue weighted by Crippen LogP contribution is 2.36. The minimum atomic E-state index is 0.141. The Balaban J connectivity index is 1.39. The molecule has 1 atom stereocenters. The van der Waals surface area contributed by atoms with Crippen LogP contribution in [-0.2, 0) is 17.8 Å². The molecule has 1 amide bonds. The molecule has 2 aromatic carbocycles. The number of rotatable bonds is 9. The Morgan fingerprint density at radius 1 is 1.13 bits per heavy atom. The zero-order chi connectivity index (χ0) is 20.9. The Kier molecular flexibility index (Phi) is 6.53. The summed E-state index contributed by atoms with van der Waals surface area (Å²) in [6, 6.07) is 18.8. The molecule has 0 spiro atoms. The second kappa shape index (κ2) is 9.47. The van der Waals surface area contributed by atoms with E-state index in [0.29, 0.717) is 23.4 Å². The maximum atomic E-state index is 13.1. The normalized spacial score (nSPS) is 14.5. The summed E-state index contributed by atoms with van der Waals surface area (Å²) >= 11 is 1.40. The molecule has 1 aromatic heterocycles. The van der Waals surface area contributed by atoms with E-state index in [0.717, 1.165) is 17.8 Å². The minimum Gasteiger partial charge on any atom is -0.335 e. The zero-order valence-corrected chi connectivity index (χ0v) is 18.4. The van der Waals surface area contributed by atoms with Crippen molar-refractivity contribution < 1.29 is 4.79 Å². The Morgan fingerprint density at radius 2 is 1.87 bits per heavy atom. The molecular formula is C24H28N4OS. The number of H-pyrrole nitrogens is 1. The van der Waals surface area contributed by atoms with Crippen LogP contribution in [0.5, 0.6) is 0 Å². The van der Waals surface area contributed by atoms with Crippen LogP contribution in [-0.4, -0.2) is 37.8 Å². The molecule has 1 unspecified atom stereocenters. The summed E-state index contributed by atoms with van der Waals surface area (Å²) in [5, 5.41) is 7.90. The monoisotopic (exact) mass is 420 g/mol. The number of aryl methyl sites for hydroxylation is 1.